The van der Waals surface area contributed by atoms with Gasteiger partial charge in [0.05, 0.1) is 17.2 Å². The zero-order valence-corrected chi connectivity index (χ0v) is 10.4. The van der Waals surface area contributed by atoms with E-state index in [4.69, 9.17) is 4.42 Å². The predicted molar refractivity (Wildman–Crippen MR) is 64.2 cm³/mol. The maximum atomic E-state index is 12.1. The first-order valence-corrected chi connectivity index (χ1v) is 6.14. The van der Waals surface area contributed by atoms with E-state index in [1.165, 1.54) is 12.5 Å². The Morgan fingerprint density at radius 2 is 2.33 bits per heavy atom. The lowest BCUT2D eigenvalue weighted by atomic mass is 9.83. The molecule has 0 bridgehead atoms. The van der Waals surface area contributed by atoms with Gasteiger partial charge in [0, 0.05) is 13.1 Å². The van der Waals surface area contributed by atoms with E-state index in [-0.39, 0.29) is 5.91 Å². The van der Waals surface area contributed by atoms with E-state index in [1.807, 2.05) is 6.92 Å². The molecule has 0 aromatic carbocycles. The molecule has 1 aliphatic rings. The number of likely N-dealkylation sites (tertiary alicyclic amines) is 1. The van der Waals surface area contributed by atoms with E-state index in [9.17, 15) is 14.7 Å². The SMILES string of the molecule is CCCC1(C(=O)O)CCN(C(=O)c2ccoc2)C1. The van der Waals surface area contributed by atoms with Crippen molar-refractivity contribution < 1.29 is 19.1 Å². The number of carboxylic acids is 1. The molecule has 1 N–H and O–H groups in total. The number of carbonyl (C=O) groups is 2. The predicted octanol–water partition coefficient (Wildman–Crippen LogP) is 2.00. The second-order valence-corrected chi connectivity index (χ2v) is 4.82. The highest BCUT2D eigenvalue weighted by Crippen LogP contribution is 2.36. The Balaban J connectivity index is 2.11. The zero-order valence-electron chi connectivity index (χ0n) is 10.4. The summed E-state index contributed by atoms with van der Waals surface area (Å²) in [7, 11) is 0. The topological polar surface area (TPSA) is 70.8 Å². The maximum Gasteiger partial charge on any atom is 0.311 e. The molecule has 1 fully saturated rings. The Hall–Kier alpha value is -1.78. The Labute approximate surface area is 105 Å². The van der Waals surface area contributed by atoms with Gasteiger partial charge in [-0.2, -0.15) is 0 Å². The first kappa shape index (κ1) is 12.7. The highest BCUT2D eigenvalue weighted by molar-refractivity contribution is 5.94. The lowest BCUT2D eigenvalue weighted by Crippen LogP contribution is -2.36. The van der Waals surface area contributed by atoms with Crippen LogP contribution in [-0.4, -0.2) is 35.0 Å². The van der Waals surface area contributed by atoms with Crippen LogP contribution in [0.5, 0.6) is 0 Å². The van der Waals surface area contributed by atoms with Gasteiger partial charge < -0.3 is 14.4 Å². The van der Waals surface area contributed by atoms with Gasteiger partial charge in [0.15, 0.2) is 0 Å². The fourth-order valence-electron chi connectivity index (χ4n) is 2.58. The minimum atomic E-state index is -0.799. The summed E-state index contributed by atoms with van der Waals surface area (Å²) in [6.07, 6.45) is 4.78. The molecule has 0 aliphatic carbocycles. The summed E-state index contributed by atoms with van der Waals surface area (Å²) in [5.41, 5.74) is -0.290. The van der Waals surface area contributed by atoms with Crippen molar-refractivity contribution in [1.82, 2.24) is 4.90 Å². The van der Waals surface area contributed by atoms with Crippen LogP contribution < -0.4 is 0 Å². The average Bonchev–Trinajstić information content (AvgIpc) is 2.98. The second kappa shape index (κ2) is 4.84. The molecule has 1 saturated heterocycles. The average molecular weight is 251 g/mol. The molecule has 1 aliphatic heterocycles. The molecule has 2 rings (SSSR count). The molecule has 1 aromatic heterocycles. The molecule has 5 nitrogen and oxygen atoms in total. The maximum absolute atomic E-state index is 12.1. The van der Waals surface area contributed by atoms with Crippen LogP contribution in [0.25, 0.3) is 0 Å². The van der Waals surface area contributed by atoms with Crippen LogP contribution in [0.4, 0.5) is 0 Å². The van der Waals surface area contributed by atoms with Crippen molar-refractivity contribution in [3.8, 4) is 0 Å². The molecule has 1 aromatic rings. The van der Waals surface area contributed by atoms with Crippen LogP contribution in [0.2, 0.25) is 0 Å². The highest BCUT2D eigenvalue weighted by Gasteiger charge is 2.45. The number of hydrogen-bond acceptors (Lipinski definition) is 3. The van der Waals surface area contributed by atoms with Gasteiger partial charge in [-0.25, -0.2) is 0 Å². The number of rotatable bonds is 4. The van der Waals surface area contributed by atoms with Gasteiger partial charge in [-0.15, -0.1) is 0 Å². The van der Waals surface area contributed by atoms with Crippen LogP contribution in [0.15, 0.2) is 23.0 Å². The number of amides is 1. The van der Waals surface area contributed by atoms with E-state index in [0.29, 0.717) is 31.5 Å². The molecule has 5 heteroatoms. The van der Waals surface area contributed by atoms with Crippen LogP contribution in [0.1, 0.15) is 36.5 Å². The Bertz CT molecular complexity index is 440. The second-order valence-electron chi connectivity index (χ2n) is 4.82. The smallest absolute Gasteiger partial charge is 0.311 e. The van der Waals surface area contributed by atoms with Crippen molar-refractivity contribution in [2.24, 2.45) is 5.41 Å². The van der Waals surface area contributed by atoms with Crippen molar-refractivity contribution in [3.63, 3.8) is 0 Å². The molecule has 98 valence electrons. The number of carbonyl (C=O) groups excluding carboxylic acids is 1. The first-order valence-electron chi connectivity index (χ1n) is 6.14. The Kier molecular flexibility index (Phi) is 3.41. The molecule has 1 amide bonds. The van der Waals surface area contributed by atoms with Gasteiger partial charge in [0.2, 0.25) is 0 Å². The van der Waals surface area contributed by atoms with Gasteiger partial charge in [-0.3, -0.25) is 9.59 Å². The zero-order chi connectivity index (χ0) is 13.2. The Morgan fingerprint density at radius 1 is 1.56 bits per heavy atom. The van der Waals surface area contributed by atoms with Crippen molar-refractivity contribution >= 4 is 11.9 Å². The number of furan rings is 1. The third-order valence-electron chi connectivity index (χ3n) is 3.59. The van der Waals surface area contributed by atoms with Crippen molar-refractivity contribution in [1.29, 1.82) is 0 Å². The lowest BCUT2D eigenvalue weighted by Gasteiger charge is -2.23. The van der Waals surface area contributed by atoms with Gasteiger partial charge in [0.1, 0.15) is 6.26 Å². The van der Waals surface area contributed by atoms with Crippen molar-refractivity contribution in [3.05, 3.63) is 24.2 Å². The molecular weight excluding hydrogens is 234 g/mol. The van der Waals surface area contributed by atoms with E-state index < -0.39 is 11.4 Å². The van der Waals surface area contributed by atoms with Crippen molar-refractivity contribution in [2.45, 2.75) is 26.2 Å². The molecule has 2 heterocycles. The fourth-order valence-corrected chi connectivity index (χ4v) is 2.58. The number of hydrogen-bond donors (Lipinski definition) is 1. The van der Waals surface area contributed by atoms with Crippen LogP contribution >= 0.6 is 0 Å². The van der Waals surface area contributed by atoms with Crippen LogP contribution in [0.3, 0.4) is 0 Å². The monoisotopic (exact) mass is 251 g/mol. The third kappa shape index (κ3) is 2.12. The molecular formula is C13H17NO4. The summed E-state index contributed by atoms with van der Waals surface area (Å²) in [6.45, 7) is 2.75. The third-order valence-corrected chi connectivity index (χ3v) is 3.59. The van der Waals surface area contributed by atoms with Crippen LogP contribution in [0, 0.1) is 5.41 Å². The molecule has 1 atom stereocenters. The largest absolute Gasteiger partial charge is 0.481 e. The molecule has 1 unspecified atom stereocenters. The summed E-state index contributed by atoms with van der Waals surface area (Å²) in [5, 5.41) is 9.37. The minimum Gasteiger partial charge on any atom is -0.481 e. The van der Waals surface area contributed by atoms with Gasteiger partial charge in [0.25, 0.3) is 5.91 Å². The Morgan fingerprint density at radius 3 is 2.89 bits per heavy atom. The molecule has 0 saturated carbocycles. The summed E-state index contributed by atoms with van der Waals surface area (Å²) in [5.74, 6) is -0.949. The van der Waals surface area contributed by atoms with E-state index in [0.717, 1.165) is 6.42 Å². The quantitative estimate of drug-likeness (QED) is 0.888. The summed E-state index contributed by atoms with van der Waals surface area (Å²) in [4.78, 5) is 25.1. The standard InChI is InChI=1S/C13H17NO4/c1-2-4-13(12(16)17)5-6-14(9-13)11(15)10-3-7-18-8-10/h3,7-8H,2,4-6,9H2,1H3,(H,16,17). The summed E-state index contributed by atoms with van der Waals surface area (Å²) < 4.78 is 4.88. The summed E-state index contributed by atoms with van der Waals surface area (Å²) in [6, 6.07) is 1.60. The fraction of sp³-hybridized carbons (Fsp3) is 0.538. The molecule has 0 spiro atoms. The van der Waals surface area contributed by atoms with E-state index >= 15 is 0 Å². The van der Waals surface area contributed by atoms with Gasteiger partial charge >= 0.3 is 5.97 Å². The van der Waals surface area contributed by atoms with Gasteiger partial charge in [-0.1, -0.05) is 13.3 Å². The van der Waals surface area contributed by atoms with Crippen molar-refractivity contribution in [2.75, 3.05) is 13.1 Å². The lowest BCUT2D eigenvalue weighted by molar-refractivity contribution is -0.148. The first-order chi connectivity index (χ1) is 8.59. The number of aliphatic carboxylic acids is 1. The van der Waals surface area contributed by atoms with Crippen LogP contribution in [-0.2, 0) is 4.79 Å². The molecule has 18 heavy (non-hydrogen) atoms. The van der Waals surface area contributed by atoms with E-state index in [1.54, 1.807) is 11.0 Å². The minimum absolute atomic E-state index is 0.150. The summed E-state index contributed by atoms with van der Waals surface area (Å²) >= 11 is 0. The van der Waals surface area contributed by atoms with Gasteiger partial charge in [-0.05, 0) is 18.9 Å². The number of nitrogens with zero attached hydrogens (tertiary/aromatic N) is 1. The molecule has 0 radical (unpaired) electrons. The number of carboxylic acid groups (broad SMARTS) is 1. The normalized spacial score (nSPS) is 23.3. The van der Waals surface area contributed by atoms with E-state index in [2.05, 4.69) is 0 Å². The highest BCUT2D eigenvalue weighted by atomic mass is 16.4.